The van der Waals surface area contributed by atoms with Crippen LogP contribution in [0.1, 0.15) is 51.5 Å². The number of aromatic nitrogens is 2. The number of imidazole rings is 1. The average Bonchev–Trinajstić information content (AvgIpc) is 3.32. The van der Waals surface area contributed by atoms with Gasteiger partial charge in [-0.1, -0.05) is 32.9 Å². The monoisotopic (exact) mass is 600 g/mol. The summed E-state index contributed by atoms with van der Waals surface area (Å²) < 4.78 is 35.6. The fourth-order valence-electron chi connectivity index (χ4n) is 4.69. The molecule has 0 bridgehead atoms. The lowest BCUT2D eigenvalue weighted by molar-refractivity contribution is -0.139. The molecule has 11 nitrogen and oxygen atoms in total. The number of nitrogens with zero attached hydrogens (tertiary/aromatic N) is 3. The largest absolute Gasteiger partial charge is 0.450 e. The van der Waals surface area contributed by atoms with Gasteiger partial charge < -0.3 is 36.1 Å². The number of nitrogens with two attached hydrogens (primary N) is 2. The van der Waals surface area contributed by atoms with Crippen LogP contribution in [-0.2, 0) is 20.9 Å². The fraction of sp³-hybridized carbons (Fsp3) is 0.400. The Morgan fingerprint density at radius 1 is 1.16 bits per heavy atom. The Bertz CT molecular complexity index is 1450. The quantitative estimate of drug-likeness (QED) is 0.231. The van der Waals surface area contributed by atoms with Gasteiger partial charge in [0.2, 0.25) is 11.8 Å². The second kappa shape index (κ2) is 14.2. The molecule has 3 amide bonds. The predicted octanol–water partition coefficient (Wildman–Crippen LogP) is 3.56. The minimum atomic E-state index is -0.955. The van der Waals surface area contributed by atoms with Crippen LogP contribution in [-0.4, -0.2) is 63.3 Å². The summed E-state index contributed by atoms with van der Waals surface area (Å²) in [6.45, 7) is 6.59. The number of hydrogen-bond acceptors (Lipinski definition) is 7. The molecular formula is C30H38F2N6O5. The highest BCUT2D eigenvalue weighted by Gasteiger charge is 2.38. The van der Waals surface area contributed by atoms with Crippen LogP contribution in [0.15, 0.2) is 48.7 Å². The molecule has 3 rings (SSSR count). The summed E-state index contributed by atoms with van der Waals surface area (Å²) in [4.78, 5) is 42.5. The molecule has 6 N–H and O–H groups in total. The predicted molar refractivity (Wildman–Crippen MR) is 157 cm³/mol. The SMILES string of the molecule is CC(N)C(=O)Nc1cccc(Cn2cc(-c3cc(F)ccc3F)nc2C(N(CCCOC(N)=O)C(=O)CO)C(C)(C)C)c1. The van der Waals surface area contributed by atoms with Crippen molar-refractivity contribution in [2.24, 2.45) is 16.9 Å². The molecule has 13 heteroatoms. The third-order valence-corrected chi connectivity index (χ3v) is 6.59. The molecule has 0 fully saturated rings. The Balaban J connectivity index is 2.14. The second-order valence-electron chi connectivity index (χ2n) is 11.2. The third-order valence-electron chi connectivity index (χ3n) is 6.59. The number of carbonyl (C=O) groups is 3. The topological polar surface area (TPSA) is 166 Å². The molecule has 0 radical (unpaired) electrons. The van der Waals surface area contributed by atoms with Crippen LogP contribution in [0.5, 0.6) is 0 Å². The van der Waals surface area contributed by atoms with Gasteiger partial charge in [0, 0.05) is 30.5 Å². The van der Waals surface area contributed by atoms with Crippen LogP contribution < -0.4 is 16.8 Å². The molecule has 1 aromatic heterocycles. The lowest BCUT2D eigenvalue weighted by atomic mass is 9.84. The summed E-state index contributed by atoms with van der Waals surface area (Å²) in [5.74, 6) is -1.96. The molecule has 0 saturated heterocycles. The van der Waals surface area contributed by atoms with Gasteiger partial charge in [0.15, 0.2) is 0 Å². The Hall–Kier alpha value is -4.36. The number of rotatable bonds is 12. The number of carbonyl (C=O) groups excluding carboxylic acids is 3. The number of anilines is 1. The first-order chi connectivity index (χ1) is 20.2. The number of primary amides is 1. The zero-order valence-corrected chi connectivity index (χ0v) is 24.6. The van der Waals surface area contributed by atoms with Crippen molar-refractivity contribution in [2.75, 3.05) is 25.1 Å². The van der Waals surface area contributed by atoms with Gasteiger partial charge in [0.25, 0.3) is 0 Å². The third kappa shape index (κ3) is 8.82. The molecule has 2 unspecified atom stereocenters. The molecule has 2 aromatic carbocycles. The van der Waals surface area contributed by atoms with E-state index in [-0.39, 0.29) is 43.3 Å². The van der Waals surface area contributed by atoms with Crippen molar-refractivity contribution < 1.29 is 33.0 Å². The summed E-state index contributed by atoms with van der Waals surface area (Å²) >= 11 is 0. The van der Waals surface area contributed by atoms with Gasteiger partial charge in [-0.3, -0.25) is 9.59 Å². The van der Waals surface area contributed by atoms with E-state index in [1.54, 1.807) is 35.9 Å². The summed E-state index contributed by atoms with van der Waals surface area (Å²) in [6, 6.07) is 8.59. The summed E-state index contributed by atoms with van der Waals surface area (Å²) in [5, 5.41) is 12.6. The minimum absolute atomic E-state index is 0.0600. The molecular weight excluding hydrogens is 562 g/mol. The molecule has 0 spiro atoms. The molecule has 0 aliphatic rings. The number of ether oxygens (including phenoxy) is 1. The number of nitrogens with one attached hydrogen (secondary N) is 1. The molecule has 0 aliphatic heterocycles. The summed E-state index contributed by atoms with van der Waals surface area (Å²) in [6.07, 6.45) is 0.829. The second-order valence-corrected chi connectivity index (χ2v) is 11.2. The number of amides is 3. The Morgan fingerprint density at radius 2 is 1.88 bits per heavy atom. The zero-order chi connectivity index (χ0) is 31.9. The molecule has 3 aromatic rings. The first kappa shape index (κ1) is 33.1. The van der Waals surface area contributed by atoms with Crippen LogP contribution in [0, 0.1) is 17.0 Å². The highest BCUT2D eigenvalue weighted by atomic mass is 19.1. The van der Waals surface area contributed by atoms with E-state index >= 15 is 0 Å². The Morgan fingerprint density at radius 3 is 2.51 bits per heavy atom. The van der Waals surface area contributed by atoms with Crippen molar-refractivity contribution >= 4 is 23.6 Å². The number of hydrogen-bond donors (Lipinski definition) is 4. The van der Waals surface area contributed by atoms with Crippen molar-refractivity contribution in [1.29, 1.82) is 0 Å². The van der Waals surface area contributed by atoms with Crippen molar-refractivity contribution in [3.63, 3.8) is 0 Å². The van der Waals surface area contributed by atoms with Crippen LogP contribution in [0.25, 0.3) is 11.3 Å². The molecule has 1 heterocycles. The van der Waals surface area contributed by atoms with Crippen LogP contribution >= 0.6 is 0 Å². The zero-order valence-electron chi connectivity index (χ0n) is 24.6. The summed E-state index contributed by atoms with van der Waals surface area (Å²) in [7, 11) is 0. The number of aliphatic hydroxyl groups is 1. The molecule has 2 atom stereocenters. The van der Waals surface area contributed by atoms with Gasteiger partial charge in [-0.2, -0.15) is 0 Å². The van der Waals surface area contributed by atoms with E-state index in [1.165, 1.54) is 4.90 Å². The molecule has 0 saturated carbocycles. The van der Waals surface area contributed by atoms with Crippen molar-refractivity contribution in [1.82, 2.24) is 14.5 Å². The highest BCUT2D eigenvalue weighted by Crippen LogP contribution is 2.39. The van der Waals surface area contributed by atoms with E-state index in [1.807, 2.05) is 26.8 Å². The van der Waals surface area contributed by atoms with Crippen LogP contribution in [0.2, 0.25) is 0 Å². The first-order valence-electron chi connectivity index (χ1n) is 13.7. The smallest absolute Gasteiger partial charge is 0.404 e. The molecule has 232 valence electrons. The lowest BCUT2D eigenvalue weighted by Gasteiger charge is -2.40. The average molecular weight is 601 g/mol. The van der Waals surface area contributed by atoms with Gasteiger partial charge in [-0.05, 0) is 54.7 Å². The maximum absolute atomic E-state index is 14.9. The molecule has 43 heavy (non-hydrogen) atoms. The summed E-state index contributed by atoms with van der Waals surface area (Å²) in [5.41, 5.74) is 11.4. The van der Waals surface area contributed by atoms with Crippen molar-refractivity contribution in [2.45, 2.75) is 52.7 Å². The number of benzene rings is 2. The standard InChI is InChI=1S/C30H38F2N6O5/c1-18(33)28(41)35-21-8-5-7-19(13-21)15-37-16-24(22-14-20(31)9-10-23(22)32)36-27(37)26(30(2,3)4)38(25(40)17-39)11-6-12-43-29(34)42/h5,7-10,13-14,16,18,26,39H,6,11-12,15,17,33H2,1-4H3,(H2,34,42)(H,35,41). The Kier molecular flexibility index (Phi) is 11.0. The van der Waals surface area contributed by atoms with Gasteiger partial charge in [-0.25, -0.2) is 18.6 Å². The maximum Gasteiger partial charge on any atom is 0.404 e. The van der Waals surface area contributed by atoms with E-state index < -0.39 is 47.7 Å². The molecule has 0 aliphatic carbocycles. The number of halogens is 2. The Labute approximate surface area is 248 Å². The maximum atomic E-state index is 14.9. The van der Waals surface area contributed by atoms with Gasteiger partial charge in [0.1, 0.15) is 24.1 Å². The fourth-order valence-corrected chi connectivity index (χ4v) is 4.69. The van der Waals surface area contributed by atoms with E-state index in [0.717, 1.165) is 23.8 Å². The van der Waals surface area contributed by atoms with E-state index in [2.05, 4.69) is 5.32 Å². The van der Waals surface area contributed by atoms with Crippen molar-refractivity contribution in [3.8, 4) is 11.3 Å². The highest BCUT2D eigenvalue weighted by molar-refractivity contribution is 5.94. The van der Waals surface area contributed by atoms with Crippen molar-refractivity contribution in [3.05, 3.63) is 71.7 Å². The number of aliphatic hydroxyl groups excluding tert-OH is 1. The van der Waals surface area contributed by atoms with E-state index in [0.29, 0.717) is 11.5 Å². The van der Waals surface area contributed by atoms with E-state index in [9.17, 15) is 28.3 Å². The minimum Gasteiger partial charge on any atom is -0.450 e. The first-order valence-corrected chi connectivity index (χ1v) is 13.7. The van der Waals surface area contributed by atoms with Gasteiger partial charge >= 0.3 is 6.09 Å². The van der Waals surface area contributed by atoms with Crippen LogP contribution in [0.3, 0.4) is 0 Å². The van der Waals surface area contributed by atoms with Gasteiger partial charge in [0.05, 0.1) is 24.4 Å². The lowest BCUT2D eigenvalue weighted by Crippen LogP contribution is -2.44. The van der Waals surface area contributed by atoms with Gasteiger partial charge in [-0.15, -0.1) is 0 Å². The van der Waals surface area contributed by atoms with E-state index in [4.69, 9.17) is 21.2 Å². The normalized spacial score (nSPS) is 12.8. The van der Waals surface area contributed by atoms with Crippen LogP contribution in [0.4, 0.5) is 19.3 Å².